The van der Waals surface area contributed by atoms with Crippen LogP contribution in [0.1, 0.15) is 49.2 Å². The van der Waals surface area contributed by atoms with E-state index >= 15 is 4.39 Å². The van der Waals surface area contributed by atoms with E-state index in [4.69, 9.17) is 0 Å². The largest absolute Gasteiger partial charge is 0.373 e. The van der Waals surface area contributed by atoms with Crippen LogP contribution >= 0.6 is 11.8 Å². The van der Waals surface area contributed by atoms with Gasteiger partial charge >= 0.3 is 0 Å². The normalized spacial score (nSPS) is 14.4. The van der Waals surface area contributed by atoms with Crippen molar-refractivity contribution in [2.45, 2.75) is 49.8 Å². The lowest BCUT2D eigenvalue weighted by Gasteiger charge is -2.28. The molecule has 0 atom stereocenters. The van der Waals surface area contributed by atoms with Crippen LogP contribution in [0.5, 0.6) is 0 Å². The quantitative estimate of drug-likeness (QED) is 0.412. The molecule has 0 spiro atoms. The van der Waals surface area contributed by atoms with Crippen molar-refractivity contribution in [3.05, 3.63) is 71.2 Å². The van der Waals surface area contributed by atoms with E-state index < -0.39 is 4.75 Å². The molecule has 8 heteroatoms. The zero-order valence-corrected chi connectivity index (χ0v) is 21.5. The van der Waals surface area contributed by atoms with Crippen LogP contribution in [0.25, 0.3) is 11.9 Å². The van der Waals surface area contributed by atoms with Crippen LogP contribution < -0.4 is 5.32 Å². The molecule has 4 rings (SSSR count). The lowest BCUT2D eigenvalue weighted by molar-refractivity contribution is -0.131. The molecule has 0 aliphatic carbocycles. The van der Waals surface area contributed by atoms with E-state index in [-0.39, 0.29) is 11.7 Å². The monoisotopic (exact) mass is 493 g/mol. The minimum Gasteiger partial charge on any atom is -0.373 e. The van der Waals surface area contributed by atoms with Crippen molar-refractivity contribution in [3.8, 4) is 0 Å². The summed E-state index contributed by atoms with van der Waals surface area (Å²) < 4.78 is 16.2. The van der Waals surface area contributed by atoms with Gasteiger partial charge in [-0.25, -0.2) is 9.37 Å². The number of halogens is 1. The smallest absolute Gasteiger partial charge is 0.238 e. The van der Waals surface area contributed by atoms with Gasteiger partial charge in [-0.15, -0.1) is 11.8 Å². The van der Waals surface area contributed by atoms with Gasteiger partial charge in [-0.1, -0.05) is 18.2 Å². The summed E-state index contributed by atoms with van der Waals surface area (Å²) in [5.41, 5.74) is 2.91. The number of pyridine rings is 1. The Kier molecular flexibility index (Phi) is 7.60. The minimum absolute atomic E-state index is 0.176. The molecule has 0 saturated carbocycles. The van der Waals surface area contributed by atoms with E-state index in [0.29, 0.717) is 12.2 Å². The van der Waals surface area contributed by atoms with Crippen LogP contribution in [0.2, 0.25) is 0 Å². The van der Waals surface area contributed by atoms with Gasteiger partial charge in [-0.2, -0.15) is 5.10 Å². The number of hydrogen-bond donors (Lipinski definition) is 1. The predicted octanol–water partition coefficient (Wildman–Crippen LogP) is 5.64. The van der Waals surface area contributed by atoms with Crippen LogP contribution in [0, 0.1) is 6.92 Å². The van der Waals surface area contributed by atoms with Crippen molar-refractivity contribution < 1.29 is 9.18 Å². The Labute approximate surface area is 210 Å². The first-order valence-electron chi connectivity index (χ1n) is 11.9. The van der Waals surface area contributed by atoms with Crippen molar-refractivity contribution in [1.29, 1.82) is 0 Å². The first kappa shape index (κ1) is 25.0. The Morgan fingerprint density at radius 2 is 1.89 bits per heavy atom. The van der Waals surface area contributed by atoms with Gasteiger partial charge in [0.15, 0.2) is 5.83 Å². The topological polar surface area (TPSA) is 63.1 Å². The molecule has 1 aliphatic rings. The predicted molar refractivity (Wildman–Crippen MR) is 141 cm³/mol. The maximum atomic E-state index is 15.0. The van der Waals surface area contributed by atoms with Gasteiger partial charge in [-0.05, 0) is 75.1 Å². The Morgan fingerprint density at radius 1 is 1.17 bits per heavy atom. The van der Waals surface area contributed by atoms with Gasteiger partial charge in [0.2, 0.25) is 5.91 Å². The summed E-state index contributed by atoms with van der Waals surface area (Å²) in [7, 11) is 1.82. The second-order valence-corrected chi connectivity index (χ2v) is 11.0. The Hall–Kier alpha value is -3.13. The zero-order valence-electron chi connectivity index (χ0n) is 20.7. The molecule has 6 nitrogen and oxygen atoms in total. The van der Waals surface area contributed by atoms with E-state index in [1.54, 1.807) is 28.7 Å². The van der Waals surface area contributed by atoms with Gasteiger partial charge in [0.05, 0.1) is 11.3 Å². The number of carbonyl (C=O) groups is 1. The number of nitrogens with one attached hydrogen (secondary N) is 1. The SMILES string of the molecule is CNc1ccc(Cn2nc(/C(F)=C/c3ccc(SC(C)(C)C(=O)N4CCCC4)cc3)cc2C)cn1. The molecule has 3 heterocycles. The third-order valence-corrected chi connectivity index (χ3v) is 7.29. The summed E-state index contributed by atoms with van der Waals surface area (Å²) in [6, 6.07) is 13.3. The number of thioether (sulfide) groups is 1. The fourth-order valence-corrected chi connectivity index (χ4v) is 5.20. The Balaban J connectivity index is 1.42. The van der Waals surface area contributed by atoms with E-state index in [1.165, 1.54) is 6.08 Å². The molecule has 0 bridgehead atoms. The molecule has 35 heavy (non-hydrogen) atoms. The number of carbonyl (C=O) groups excluding carboxylic acids is 1. The third kappa shape index (κ3) is 6.11. The summed E-state index contributed by atoms with van der Waals surface area (Å²) in [6.07, 6.45) is 5.44. The molecule has 0 radical (unpaired) electrons. The van der Waals surface area contributed by atoms with Crippen LogP contribution in [-0.4, -0.2) is 50.5 Å². The van der Waals surface area contributed by atoms with Gasteiger partial charge in [0.1, 0.15) is 11.5 Å². The van der Waals surface area contributed by atoms with Crippen molar-refractivity contribution in [2.24, 2.45) is 0 Å². The standard InChI is InChI=1S/C27H32FN5OS/c1-19-15-24(31-33(19)18-21-9-12-25(29-4)30-17-21)23(28)16-20-7-10-22(11-8-20)35-27(2,3)26(34)32-13-5-6-14-32/h7-12,15-17H,5-6,13-14,18H2,1-4H3,(H,29,30)/b23-16-. The lowest BCUT2D eigenvalue weighted by atomic mass is 10.2. The van der Waals surface area contributed by atoms with Crippen LogP contribution in [-0.2, 0) is 11.3 Å². The van der Waals surface area contributed by atoms with Crippen molar-refractivity contribution in [1.82, 2.24) is 19.7 Å². The number of rotatable bonds is 8. The van der Waals surface area contributed by atoms with Gasteiger partial charge in [-0.3, -0.25) is 9.48 Å². The second-order valence-electron chi connectivity index (χ2n) is 9.30. The zero-order chi connectivity index (χ0) is 25.0. The third-order valence-electron chi connectivity index (χ3n) is 6.09. The van der Waals surface area contributed by atoms with Crippen LogP contribution in [0.4, 0.5) is 10.2 Å². The van der Waals surface area contributed by atoms with Crippen LogP contribution in [0.3, 0.4) is 0 Å². The van der Waals surface area contributed by atoms with Crippen molar-refractivity contribution >= 4 is 35.4 Å². The average molecular weight is 494 g/mol. The van der Waals surface area contributed by atoms with Crippen LogP contribution in [0.15, 0.2) is 53.6 Å². The fourth-order valence-electron chi connectivity index (χ4n) is 4.12. The summed E-state index contributed by atoms with van der Waals surface area (Å²) in [5, 5.41) is 7.44. The molecule has 1 N–H and O–H groups in total. The number of amides is 1. The molecule has 1 aliphatic heterocycles. The highest BCUT2D eigenvalue weighted by Gasteiger charge is 2.34. The average Bonchev–Trinajstić information content (AvgIpc) is 3.50. The van der Waals surface area contributed by atoms with E-state index in [9.17, 15) is 4.79 Å². The Bertz CT molecular complexity index is 1200. The highest BCUT2D eigenvalue weighted by atomic mass is 32.2. The van der Waals surface area contributed by atoms with Crippen molar-refractivity contribution in [2.75, 3.05) is 25.5 Å². The number of benzene rings is 1. The number of aryl methyl sites for hydroxylation is 1. The van der Waals surface area contributed by atoms with Gasteiger partial charge < -0.3 is 10.2 Å². The fraction of sp³-hybridized carbons (Fsp3) is 0.370. The summed E-state index contributed by atoms with van der Waals surface area (Å²) in [4.78, 5) is 20.1. The van der Waals surface area contributed by atoms with E-state index in [1.807, 2.05) is 69.1 Å². The molecule has 0 unspecified atom stereocenters. The number of hydrogen-bond acceptors (Lipinski definition) is 5. The summed E-state index contributed by atoms with van der Waals surface area (Å²) in [6.45, 7) is 8.07. The highest BCUT2D eigenvalue weighted by Crippen LogP contribution is 2.35. The second kappa shape index (κ2) is 10.6. The number of anilines is 1. The molecular formula is C27H32FN5OS. The van der Waals surface area contributed by atoms with Gasteiger partial charge in [0, 0.05) is 36.9 Å². The molecule has 2 aromatic heterocycles. The molecule has 1 amide bonds. The molecule has 1 saturated heterocycles. The maximum absolute atomic E-state index is 15.0. The number of likely N-dealkylation sites (tertiary alicyclic amines) is 1. The molecule has 184 valence electrons. The summed E-state index contributed by atoms with van der Waals surface area (Å²) in [5.74, 6) is 0.585. The van der Waals surface area contributed by atoms with Crippen molar-refractivity contribution in [3.63, 3.8) is 0 Å². The first-order chi connectivity index (χ1) is 16.7. The summed E-state index contributed by atoms with van der Waals surface area (Å²) >= 11 is 1.54. The first-order valence-corrected chi connectivity index (χ1v) is 12.7. The Morgan fingerprint density at radius 3 is 2.51 bits per heavy atom. The van der Waals surface area contributed by atoms with E-state index in [2.05, 4.69) is 15.4 Å². The minimum atomic E-state index is -0.541. The number of nitrogens with zero attached hydrogens (tertiary/aromatic N) is 4. The maximum Gasteiger partial charge on any atom is 0.238 e. The van der Waals surface area contributed by atoms with Gasteiger partial charge in [0.25, 0.3) is 0 Å². The highest BCUT2D eigenvalue weighted by molar-refractivity contribution is 8.01. The molecule has 1 fully saturated rings. The molecule has 1 aromatic carbocycles. The molecular weight excluding hydrogens is 461 g/mol. The van der Waals surface area contributed by atoms with E-state index in [0.717, 1.165) is 53.5 Å². The lowest BCUT2D eigenvalue weighted by Crippen LogP contribution is -2.41. The molecule has 3 aromatic rings. The number of aromatic nitrogens is 3.